The summed E-state index contributed by atoms with van der Waals surface area (Å²) in [6, 6.07) is 5.24. The lowest BCUT2D eigenvalue weighted by Crippen LogP contribution is -2.42. The van der Waals surface area contributed by atoms with E-state index in [-0.39, 0.29) is 0 Å². The Morgan fingerprint density at radius 1 is 1.16 bits per heavy atom. The van der Waals surface area contributed by atoms with Crippen LogP contribution in [-0.2, 0) is 10.0 Å². The minimum absolute atomic E-state index is 0.336. The fraction of sp³-hybridized carbons (Fsp3) is 0.538. The van der Waals surface area contributed by atoms with E-state index in [2.05, 4.69) is 45.7 Å². The van der Waals surface area contributed by atoms with E-state index < -0.39 is 10.0 Å². The third-order valence-electron chi connectivity index (χ3n) is 3.35. The Bertz CT molecular complexity index is 564. The van der Waals surface area contributed by atoms with E-state index in [1.54, 1.807) is 16.4 Å². The Morgan fingerprint density at radius 2 is 1.74 bits per heavy atom. The van der Waals surface area contributed by atoms with Crippen molar-refractivity contribution in [3.63, 3.8) is 0 Å². The fourth-order valence-electron chi connectivity index (χ4n) is 2.62. The average molecular weight is 411 g/mol. The van der Waals surface area contributed by atoms with Gasteiger partial charge in [-0.3, -0.25) is 0 Å². The van der Waals surface area contributed by atoms with E-state index in [4.69, 9.17) is 0 Å². The van der Waals surface area contributed by atoms with Crippen LogP contribution in [0.2, 0.25) is 0 Å². The van der Waals surface area contributed by atoms with Crippen molar-refractivity contribution in [2.45, 2.75) is 25.2 Å². The van der Waals surface area contributed by atoms with Gasteiger partial charge in [-0.1, -0.05) is 29.8 Å². The van der Waals surface area contributed by atoms with Gasteiger partial charge in [0, 0.05) is 22.0 Å². The smallest absolute Gasteiger partial charge is 0.207 e. The molecule has 0 saturated carbocycles. The monoisotopic (exact) mass is 409 g/mol. The Balaban J connectivity index is 2.39. The minimum atomic E-state index is -3.42. The second kappa shape index (κ2) is 5.84. The molecule has 0 N–H and O–H groups in total. The highest BCUT2D eigenvalue weighted by atomic mass is 79.9. The van der Waals surface area contributed by atoms with Crippen molar-refractivity contribution in [3.05, 3.63) is 27.1 Å². The van der Waals surface area contributed by atoms with Gasteiger partial charge in [0.15, 0.2) is 0 Å². The zero-order valence-electron chi connectivity index (χ0n) is 10.9. The summed E-state index contributed by atoms with van der Waals surface area (Å²) in [5.74, 6) is 0.814. The van der Waals surface area contributed by atoms with Crippen LogP contribution in [0.25, 0.3) is 0 Å². The molecule has 2 rings (SSSR count). The summed E-state index contributed by atoms with van der Waals surface area (Å²) in [5, 5.41) is 0. The fourth-order valence-corrected chi connectivity index (χ4v) is 5.76. The van der Waals surface area contributed by atoms with Crippen molar-refractivity contribution < 1.29 is 8.42 Å². The summed E-state index contributed by atoms with van der Waals surface area (Å²) >= 11 is 6.67. The molecular formula is C13H17Br2NO2S. The van der Waals surface area contributed by atoms with Crippen LogP contribution in [0.1, 0.15) is 20.3 Å². The molecule has 0 spiro atoms. The molecule has 1 saturated heterocycles. The summed E-state index contributed by atoms with van der Waals surface area (Å²) in [6.45, 7) is 5.42. The molecule has 0 amide bonds. The van der Waals surface area contributed by atoms with E-state index in [0.29, 0.717) is 34.3 Å². The van der Waals surface area contributed by atoms with Gasteiger partial charge in [0.25, 0.3) is 0 Å². The molecule has 0 aromatic heterocycles. The number of nitrogens with zero attached hydrogens (tertiary/aromatic N) is 1. The predicted octanol–water partition coefficient (Wildman–Crippen LogP) is 3.88. The van der Waals surface area contributed by atoms with Crippen molar-refractivity contribution in [2.75, 3.05) is 13.1 Å². The molecule has 1 aromatic rings. The minimum Gasteiger partial charge on any atom is -0.207 e. The maximum Gasteiger partial charge on any atom is 0.244 e. The van der Waals surface area contributed by atoms with Gasteiger partial charge in [-0.2, -0.15) is 4.31 Å². The van der Waals surface area contributed by atoms with Crippen molar-refractivity contribution >= 4 is 41.9 Å². The number of benzene rings is 1. The molecule has 1 aromatic carbocycles. The summed E-state index contributed by atoms with van der Waals surface area (Å²) < 4.78 is 28.4. The van der Waals surface area contributed by atoms with Crippen LogP contribution in [0.5, 0.6) is 0 Å². The van der Waals surface area contributed by atoms with Gasteiger partial charge in [-0.15, -0.1) is 0 Å². The van der Waals surface area contributed by atoms with E-state index in [1.165, 1.54) is 0 Å². The van der Waals surface area contributed by atoms with E-state index >= 15 is 0 Å². The number of rotatable bonds is 2. The lowest BCUT2D eigenvalue weighted by Gasteiger charge is -2.34. The number of piperidine rings is 1. The molecular weight excluding hydrogens is 394 g/mol. The molecule has 0 aliphatic carbocycles. The second-order valence-corrected chi connectivity index (χ2v) is 9.02. The molecule has 1 fully saturated rings. The van der Waals surface area contributed by atoms with Gasteiger partial charge in [0.1, 0.15) is 0 Å². The van der Waals surface area contributed by atoms with Gasteiger partial charge >= 0.3 is 0 Å². The van der Waals surface area contributed by atoms with Crippen molar-refractivity contribution in [2.24, 2.45) is 11.8 Å². The maximum atomic E-state index is 12.7. The van der Waals surface area contributed by atoms with Crippen LogP contribution in [0.4, 0.5) is 0 Å². The van der Waals surface area contributed by atoms with Crippen molar-refractivity contribution in [3.8, 4) is 0 Å². The van der Waals surface area contributed by atoms with Gasteiger partial charge in [0.05, 0.1) is 4.90 Å². The SMILES string of the molecule is CC1CC(C)CN(S(=O)(=O)c2cc(Br)ccc2Br)C1. The lowest BCUT2D eigenvalue weighted by molar-refractivity contribution is 0.222. The molecule has 19 heavy (non-hydrogen) atoms. The third kappa shape index (κ3) is 3.40. The lowest BCUT2D eigenvalue weighted by atomic mass is 9.94. The molecule has 0 radical (unpaired) electrons. The van der Waals surface area contributed by atoms with Crippen LogP contribution in [0, 0.1) is 11.8 Å². The van der Waals surface area contributed by atoms with Crippen molar-refractivity contribution in [1.82, 2.24) is 4.31 Å². The van der Waals surface area contributed by atoms with Crippen LogP contribution >= 0.6 is 31.9 Å². The highest BCUT2D eigenvalue weighted by Crippen LogP contribution is 2.31. The molecule has 2 unspecified atom stereocenters. The normalized spacial score (nSPS) is 25.5. The van der Waals surface area contributed by atoms with Gasteiger partial charge in [0.2, 0.25) is 10.0 Å². The molecule has 2 atom stereocenters. The van der Waals surface area contributed by atoms with Crippen LogP contribution < -0.4 is 0 Å². The average Bonchev–Trinajstić information content (AvgIpc) is 2.31. The number of halogens is 2. The zero-order chi connectivity index (χ0) is 14.2. The second-order valence-electron chi connectivity index (χ2n) is 5.34. The highest BCUT2D eigenvalue weighted by molar-refractivity contribution is 9.11. The largest absolute Gasteiger partial charge is 0.244 e. The van der Waals surface area contributed by atoms with Gasteiger partial charge < -0.3 is 0 Å². The number of sulfonamides is 1. The highest BCUT2D eigenvalue weighted by Gasteiger charge is 2.32. The van der Waals surface area contributed by atoms with Crippen LogP contribution in [0.3, 0.4) is 0 Å². The van der Waals surface area contributed by atoms with Crippen LogP contribution in [-0.4, -0.2) is 25.8 Å². The first-order valence-corrected chi connectivity index (χ1v) is 9.28. The molecule has 1 heterocycles. The Kier molecular flexibility index (Phi) is 4.75. The van der Waals surface area contributed by atoms with E-state index in [9.17, 15) is 8.42 Å². The first-order chi connectivity index (χ1) is 8.80. The standard InChI is InChI=1S/C13H17Br2NO2S/c1-9-5-10(2)8-16(7-9)19(17,18)13-6-11(14)3-4-12(13)15/h3-4,6,9-10H,5,7-8H2,1-2H3. The molecule has 0 bridgehead atoms. The van der Waals surface area contributed by atoms with Gasteiger partial charge in [-0.25, -0.2) is 8.42 Å². The number of hydrogen-bond donors (Lipinski definition) is 0. The molecule has 106 valence electrons. The maximum absolute atomic E-state index is 12.7. The third-order valence-corrected chi connectivity index (χ3v) is 6.67. The first kappa shape index (κ1) is 15.5. The Labute approximate surface area is 131 Å². The zero-order valence-corrected chi connectivity index (χ0v) is 14.9. The Morgan fingerprint density at radius 3 is 2.32 bits per heavy atom. The summed E-state index contributed by atoms with van der Waals surface area (Å²) in [6.07, 6.45) is 1.09. The van der Waals surface area contributed by atoms with Gasteiger partial charge in [-0.05, 0) is 52.4 Å². The summed E-state index contributed by atoms with van der Waals surface area (Å²) in [4.78, 5) is 0.336. The Hall–Kier alpha value is 0.0900. The quantitative estimate of drug-likeness (QED) is 0.741. The number of hydrogen-bond acceptors (Lipinski definition) is 2. The molecule has 1 aliphatic rings. The van der Waals surface area contributed by atoms with E-state index in [0.717, 1.165) is 10.9 Å². The van der Waals surface area contributed by atoms with Crippen LogP contribution in [0.15, 0.2) is 32.0 Å². The predicted molar refractivity (Wildman–Crippen MR) is 83.5 cm³/mol. The molecule has 6 heteroatoms. The molecule has 1 aliphatic heterocycles. The summed E-state index contributed by atoms with van der Waals surface area (Å²) in [7, 11) is -3.42. The molecule has 3 nitrogen and oxygen atoms in total. The van der Waals surface area contributed by atoms with Crippen molar-refractivity contribution in [1.29, 1.82) is 0 Å². The first-order valence-electron chi connectivity index (χ1n) is 6.26. The summed E-state index contributed by atoms with van der Waals surface area (Å²) in [5.41, 5.74) is 0. The van der Waals surface area contributed by atoms with E-state index in [1.807, 2.05) is 6.07 Å². The topological polar surface area (TPSA) is 37.4 Å².